The predicted octanol–water partition coefficient (Wildman–Crippen LogP) is 5.01. The molecule has 0 atom stereocenters. The van der Waals surface area contributed by atoms with Crippen LogP contribution in [0.2, 0.25) is 0 Å². The molecule has 0 amide bonds. The predicted molar refractivity (Wildman–Crippen MR) is 118 cm³/mol. The van der Waals surface area contributed by atoms with Crippen LogP contribution in [0.1, 0.15) is 21.9 Å². The number of carbonyl (C=O) groups excluding carboxylic acids is 1. The molecule has 32 heavy (non-hydrogen) atoms. The third-order valence-corrected chi connectivity index (χ3v) is 6.36. The molecule has 6 nitrogen and oxygen atoms in total. The molecule has 0 bridgehead atoms. The molecule has 4 rings (SSSR count). The summed E-state index contributed by atoms with van der Waals surface area (Å²) in [6.07, 6.45) is 0. The van der Waals surface area contributed by atoms with E-state index in [1.807, 2.05) is 12.1 Å². The summed E-state index contributed by atoms with van der Waals surface area (Å²) in [7, 11) is -3.58. The van der Waals surface area contributed by atoms with Gasteiger partial charge in [-0.3, -0.25) is 0 Å². The first-order chi connectivity index (χ1) is 15.4. The van der Waals surface area contributed by atoms with Gasteiger partial charge in [-0.1, -0.05) is 42.5 Å². The van der Waals surface area contributed by atoms with E-state index in [9.17, 15) is 13.2 Å². The molecule has 0 aliphatic carbocycles. The maximum absolute atomic E-state index is 12.5. The van der Waals surface area contributed by atoms with Crippen molar-refractivity contribution in [2.45, 2.75) is 10.6 Å². The highest BCUT2D eigenvalue weighted by molar-refractivity contribution is 7.90. The number of hydrogen-bond donors (Lipinski definition) is 0. The number of furan rings is 1. The van der Waals surface area contributed by atoms with E-state index in [4.69, 9.17) is 14.4 Å². The zero-order chi connectivity index (χ0) is 22.6. The Bertz CT molecular complexity index is 1380. The number of sulfone groups is 1. The Morgan fingerprint density at radius 1 is 0.844 bits per heavy atom. The van der Waals surface area contributed by atoms with Gasteiger partial charge in [0.25, 0.3) is 0 Å². The van der Waals surface area contributed by atoms with Crippen LogP contribution in [0.3, 0.4) is 0 Å². The van der Waals surface area contributed by atoms with Crippen LogP contribution in [0.5, 0.6) is 5.75 Å². The van der Waals surface area contributed by atoms with Gasteiger partial charge in [0, 0.05) is 0 Å². The first kappa shape index (κ1) is 21.1. The van der Waals surface area contributed by atoms with Crippen LogP contribution in [-0.4, -0.2) is 14.4 Å². The first-order valence-corrected chi connectivity index (χ1v) is 11.3. The van der Waals surface area contributed by atoms with Crippen molar-refractivity contribution in [3.63, 3.8) is 0 Å². The zero-order valence-electron chi connectivity index (χ0n) is 16.8. The van der Waals surface area contributed by atoms with E-state index in [2.05, 4.69) is 6.07 Å². The fraction of sp³-hybridized carbons (Fsp3) is 0.0400. The number of nitrogens with zero attached hydrogens (tertiary/aromatic N) is 1. The van der Waals surface area contributed by atoms with Crippen LogP contribution in [0.4, 0.5) is 0 Å². The van der Waals surface area contributed by atoms with E-state index < -0.39 is 15.8 Å². The number of rotatable bonds is 6. The number of hydrogen-bond acceptors (Lipinski definition) is 6. The Balaban J connectivity index is 1.42. The molecule has 3 aromatic carbocycles. The third kappa shape index (κ3) is 4.77. The topological polar surface area (TPSA) is 97.4 Å². The molecule has 0 fully saturated rings. The van der Waals surface area contributed by atoms with Crippen molar-refractivity contribution >= 4 is 15.8 Å². The van der Waals surface area contributed by atoms with Gasteiger partial charge in [0.1, 0.15) is 17.3 Å². The van der Waals surface area contributed by atoms with Gasteiger partial charge >= 0.3 is 5.97 Å². The van der Waals surface area contributed by atoms with Gasteiger partial charge in [-0.15, -0.1) is 0 Å². The molecule has 1 aromatic heterocycles. The first-order valence-electron chi connectivity index (χ1n) is 9.64. The molecular weight excluding hydrogens is 426 g/mol. The number of benzene rings is 3. The summed E-state index contributed by atoms with van der Waals surface area (Å²) < 4.78 is 35.7. The van der Waals surface area contributed by atoms with Gasteiger partial charge in [0.05, 0.1) is 16.5 Å². The van der Waals surface area contributed by atoms with Crippen LogP contribution < -0.4 is 4.74 Å². The van der Waals surface area contributed by atoms with Crippen molar-refractivity contribution in [3.8, 4) is 22.9 Å². The average Bonchev–Trinajstić information content (AvgIpc) is 3.28. The summed E-state index contributed by atoms with van der Waals surface area (Å²) in [6, 6.07) is 27.0. The Hall–Kier alpha value is -4.15. The average molecular weight is 443 g/mol. The smallest absolute Gasteiger partial charge is 0.379 e. The molecule has 0 aliphatic rings. The number of esters is 1. The normalized spacial score (nSPS) is 11.0. The van der Waals surface area contributed by atoms with Crippen LogP contribution in [0, 0.1) is 11.3 Å². The molecule has 4 aromatic rings. The third-order valence-electron chi connectivity index (χ3n) is 4.71. The maximum Gasteiger partial charge on any atom is 0.379 e. The van der Waals surface area contributed by atoms with Crippen LogP contribution >= 0.6 is 0 Å². The summed E-state index contributed by atoms with van der Waals surface area (Å²) in [4.78, 5) is 12.6. The lowest BCUT2D eigenvalue weighted by molar-refractivity contribution is 0.0699. The van der Waals surface area contributed by atoms with Gasteiger partial charge in [-0.25, -0.2) is 13.2 Å². The summed E-state index contributed by atoms with van der Waals surface area (Å²) in [5.41, 5.74) is 2.41. The second-order valence-electron chi connectivity index (χ2n) is 6.94. The van der Waals surface area contributed by atoms with E-state index >= 15 is 0 Å². The van der Waals surface area contributed by atoms with Crippen molar-refractivity contribution in [3.05, 3.63) is 108 Å². The minimum Gasteiger partial charge on any atom is -0.453 e. The van der Waals surface area contributed by atoms with E-state index in [0.717, 1.165) is 11.1 Å². The Morgan fingerprint density at radius 3 is 2.09 bits per heavy atom. The largest absolute Gasteiger partial charge is 0.453 e. The van der Waals surface area contributed by atoms with Crippen molar-refractivity contribution in [2.75, 3.05) is 0 Å². The van der Waals surface area contributed by atoms with Gasteiger partial charge < -0.3 is 9.15 Å². The van der Waals surface area contributed by atoms with Crippen LogP contribution in [0.25, 0.3) is 11.1 Å². The van der Waals surface area contributed by atoms with E-state index in [1.165, 1.54) is 24.3 Å². The fourth-order valence-corrected chi connectivity index (χ4v) is 4.34. The number of nitriles is 1. The Kier molecular flexibility index (Phi) is 5.88. The molecule has 158 valence electrons. The highest BCUT2D eigenvalue weighted by Crippen LogP contribution is 2.24. The maximum atomic E-state index is 12.5. The van der Waals surface area contributed by atoms with Gasteiger partial charge in [0.2, 0.25) is 5.76 Å². The van der Waals surface area contributed by atoms with E-state index in [-0.39, 0.29) is 22.2 Å². The lowest BCUT2D eigenvalue weighted by Crippen LogP contribution is -2.07. The lowest BCUT2D eigenvalue weighted by atomic mass is 10.0. The zero-order valence-corrected chi connectivity index (χ0v) is 17.6. The molecule has 1 heterocycles. The number of ether oxygens (including phenoxy) is 1. The second kappa shape index (κ2) is 8.92. The molecule has 0 saturated heterocycles. The summed E-state index contributed by atoms with van der Waals surface area (Å²) in [5.74, 6) is -0.693. The second-order valence-corrected chi connectivity index (χ2v) is 8.93. The number of carbonyl (C=O) groups is 1. The van der Waals surface area contributed by atoms with Gasteiger partial charge in [0.15, 0.2) is 9.84 Å². The molecule has 0 unspecified atom stereocenters. The molecule has 7 heteroatoms. The molecular formula is C25H17NO5S. The van der Waals surface area contributed by atoms with Crippen molar-refractivity contribution in [1.29, 1.82) is 5.26 Å². The highest BCUT2D eigenvalue weighted by Gasteiger charge is 2.20. The van der Waals surface area contributed by atoms with E-state index in [1.54, 1.807) is 54.6 Å². The fourth-order valence-electron chi connectivity index (χ4n) is 3.07. The van der Waals surface area contributed by atoms with E-state index in [0.29, 0.717) is 11.3 Å². The molecule has 0 N–H and O–H groups in total. The van der Waals surface area contributed by atoms with Crippen LogP contribution in [-0.2, 0) is 15.6 Å². The molecule has 0 aliphatic heterocycles. The van der Waals surface area contributed by atoms with Crippen molar-refractivity contribution in [1.82, 2.24) is 0 Å². The summed E-state index contributed by atoms with van der Waals surface area (Å²) in [6.45, 7) is 0. The Labute approximate surface area is 185 Å². The highest BCUT2D eigenvalue weighted by atomic mass is 32.2. The minimum atomic E-state index is -3.58. The molecule has 0 spiro atoms. The minimum absolute atomic E-state index is 0.0839. The lowest BCUT2D eigenvalue weighted by Gasteiger charge is -2.05. The SMILES string of the molecule is N#Cc1ccc(-c2ccc(OC(=O)c3ccc(CS(=O)(=O)c4ccccc4)o3)cc2)cc1. The monoisotopic (exact) mass is 443 g/mol. The quantitative estimate of drug-likeness (QED) is 0.307. The van der Waals surface area contributed by atoms with Crippen molar-refractivity contribution in [2.24, 2.45) is 0 Å². The summed E-state index contributed by atoms with van der Waals surface area (Å²) in [5, 5.41) is 8.89. The Morgan fingerprint density at radius 2 is 1.47 bits per heavy atom. The standard InChI is InChI=1S/C25H17NO5S/c26-16-18-6-8-19(9-7-18)20-10-12-21(13-11-20)31-25(27)24-15-14-22(30-24)17-32(28,29)23-4-2-1-3-5-23/h1-15H,17H2. The van der Waals surface area contributed by atoms with Crippen LogP contribution in [0.15, 0.2) is 100 Å². The van der Waals surface area contributed by atoms with Gasteiger partial charge in [-0.05, 0) is 59.7 Å². The van der Waals surface area contributed by atoms with Gasteiger partial charge in [-0.2, -0.15) is 5.26 Å². The molecule has 0 saturated carbocycles. The summed E-state index contributed by atoms with van der Waals surface area (Å²) >= 11 is 0. The molecule has 0 radical (unpaired) electrons. The van der Waals surface area contributed by atoms with Crippen molar-refractivity contribution < 1.29 is 22.4 Å².